The van der Waals surface area contributed by atoms with E-state index in [1.54, 1.807) is 6.08 Å². The van der Waals surface area contributed by atoms with Crippen molar-refractivity contribution in [2.45, 2.75) is 62.4 Å². The molecule has 0 aromatic heterocycles. The van der Waals surface area contributed by atoms with Crippen LogP contribution >= 0.6 is 0 Å². The standard InChI is InChI=1S/C25H32N2O4/c1-3-19-21(25(29)30-2)23-20(31-19)15-10-16-27(23)22(17-11-6-4-7-12-17)24(28)26-18-13-8-5-9-14-18/h3-4,6-7,10-12,15,18-23H,1,5,8-9,13-14,16H2,2H3,(H,26,28)/t19-,20+,21-,22-,23-/m1/s1. The summed E-state index contributed by atoms with van der Waals surface area (Å²) in [4.78, 5) is 28.5. The number of carbonyl (C=O) groups excluding carboxylic acids is 2. The highest BCUT2D eigenvalue weighted by molar-refractivity contribution is 5.84. The van der Waals surface area contributed by atoms with E-state index in [1.807, 2.05) is 42.5 Å². The molecule has 3 aliphatic rings. The molecule has 1 amide bonds. The molecule has 31 heavy (non-hydrogen) atoms. The molecule has 2 fully saturated rings. The molecule has 166 valence electrons. The van der Waals surface area contributed by atoms with Crippen molar-refractivity contribution in [2.75, 3.05) is 13.7 Å². The summed E-state index contributed by atoms with van der Waals surface area (Å²) in [5.74, 6) is -0.888. The second-order valence-corrected chi connectivity index (χ2v) is 8.62. The van der Waals surface area contributed by atoms with Gasteiger partial charge in [-0.2, -0.15) is 0 Å². The summed E-state index contributed by atoms with van der Waals surface area (Å²) in [5.41, 5.74) is 0.913. The Morgan fingerprint density at radius 1 is 1.23 bits per heavy atom. The van der Waals surface area contributed by atoms with Crippen molar-refractivity contribution in [3.63, 3.8) is 0 Å². The fraction of sp³-hybridized carbons (Fsp3) is 0.520. The number of ether oxygens (including phenoxy) is 2. The van der Waals surface area contributed by atoms with E-state index in [9.17, 15) is 9.59 Å². The summed E-state index contributed by atoms with van der Waals surface area (Å²) in [7, 11) is 1.39. The Hall–Kier alpha value is -2.44. The van der Waals surface area contributed by atoms with Gasteiger partial charge >= 0.3 is 5.97 Å². The number of esters is 1. The average Bonchev–Trinajstić information content (AvgIpc) is 3.20. The van der Waals surface area contributed by atoms with Crippen LogP contribution in [0.5, 0.6) is 0 Å². The Kier molecular flexibility index (Phi) is 6.88. The number of methoxy groups -OCH3 is 1. The Bertz CT molecular complexity index is 818. The van der Waals surface area contributed by atoms with Crippen LogP contribution in [0.1, 0.15) is 43.7 Å². The van der Waals surface area contributed by atoms with Crippen molar-refractivity contribution in [1.82, 2.24) is 10.2 Å². The zero-order chi connectivity index (χ0) is 21.8. The van der Waals surface area contributed by atoms with Crippen molar-refractivity contribution < 1.29 is 19.1 Å². The molecule has 5 atom stereocenters. The van der Waals surface area contributed by atoms with Crippen molar-refractivity contribution >= 4 is 11.9 Å². The first-order valence-electron chi connectivity index (χ1n) is 11.3. The maximum absolute atomic E-state index is 13.6. The summed E-state index contributed by atoms with van der Waals surface area (Å²) >= 11 is 0. The first kappa shape index (κ1) is 21.8. The molecule has 2 aliphatic heterocycles. The van der Waals surface area contributed by atoms with Gasteiger partial charge in [-0.05, 0) is 18.4 Å². The third-order valence-corrected chi connectivity index (χ3v) is 6.75. The molecule has 0 spiro atoms. The van der Waals surface area contributed by atoms with Crippen LogP contribution in [-0.2, 0) is 19.1 Å². The third-order valence-electron chi connectivity index (χ3n) is 6.75. The molecule has 6 nitrogen and oxygen atoms in total. The molecular weight excluding hydrogens is 392 g/mol. The van der Waals surface area contributed by atoms with Crippen LogP contribution < -0.4 is 5.32 Å². The van der Waals surface area contributed by atoms with Crippen LogP contribution in [0, 0.1) is 5.92 Å². The van der Waals surface area contributed by atoms with Gasteiger partial charge in [0.05, 0.1) is 25.4 Å². The number of hydrogen-bond donors (Lipinski definition) is 1. The summed E-state index contributed by atoms with van der Waals surface area (Å²) in [6, 6.07) is 9.19. The lowest BCUT2D eigenvalue weighted by molar-refractivity contribution is -0.149. The predicted molar refractivity (Wildman–Crippen MR) is 118 cm³/mol. The Morgan fingerprint density at radius 3 is 2.65 bits per heavy atom. The van der Waals surface area contributed by atoms with Gasteiger partial charge in [-0.25, -0.2) is 0 Å². The lowest BCUT2D eigenvalue weighted by Crippen LogP contribution is -2.55. The lowest BCUT2D eigenvalue weighted by atomic mass is 9.87. The predicted octanol–water partition coefficient (Wildman–Crippen LogP) is 3.16. The van der Waals surface area contributed by atoms with Crippen LogP contribution in [0.4, 0.5) is 0 Å². The number of benzene rings is 1. The Morgan fingerprint density at radius 2 is 1.97 bits per heavy atom. The molecule has 0 unspecified atom stereocenters. The molecule has 1 N–H and O–H groups in total. The van der Waals surface area contributed by atoms with Crippen LogP contribution in [0.2, 0.25) is 0 Å². The van der Waals surface area contributed by atoms with E-state index in [2.05, 4.69) is 16.8 Å². The molecule has 1 saturated heterocycles. The second-order valence-electron chi connectivity index (χ2n) is 8.62. The second kappa shape index (κ2) is 9.79. The maximum atomic E-state index is 13.6. The lowest BCUT2D eigenvalue weighted by Gasteiger charge is -2.41. The van der Waals surface area contributed by atoms with Crippen LogP contribution in [0.25, 0.3) is 0 Å². The van der Waals surface area contributed by atoms with E-state index in [0.717, 1.165) is 31.2 Å². The van der Waals surface area contributed by atoms with Gasteiger partial charge in [0.2, 0.25) is 5.91 Å². The average molecular weight is 425 g/mol. The van der Waals surface area contributed by atoms with E-state index in [0.29, 0.717) is 6.54 Å². The molecule has 1 aliphatic carbocycles. The van der Waals surface area contributed by atoms with E-state index >= 15 is 0 Å². The molecule has 1 aromatic carbocycles. The highest BCUT2D eigenvalue weighted by Gasteiger charge is 2.53. The van der Waals surface area contributed by atoms with Gasteiger partial charge in [-0.1, -0.05) is 67.8 Å². The minimum absolute atomic E-state index is 0.0159. The van der Waals surface area contributed by atoms with Gasteiger partial charge < -0.3 is 14.8 Å². The fourth-order valence-electron chi connectivity index (χ4n) is 5.28. The molecule has 6 heteroatoms. The van der Waals surface area contributed by atoms with Crippen LogP contribution in [-0.4, -0.2) is 54.7 Å². The van der Waals surface area contributed by atoms with Gasteiger partial charge in [0.15, 0.2) is 0 Å². The van der Waals surface area contributed by atoms with Crippen LogP contribution in [0.15, 0.2) is 55.1 Å². The van der Waals surface area contributed by atoms with Gasteiger partial charge in [-0.15, -0.1) is 6.58 Å². The smallest absolute Gasteiger partial charge is 0.313 e. The van der Waals surface area contributed by atoms with E-state index < -0.39 is 18.1 Å². The van der Waals surface area contributed by atoms with Gasteiger partial charge in [0.1, 0.15) is 12.0 Å². The first-order valence-corrected chi connectivity index (χ1v) is 11.3. The summed E-state index contributed by atoms with van der Waals surface area (Å²) < 4.78 is 11.2. The normalized spacial score (nSPS) is 29.7. The van der Waals surface area contributed by atoms with E-state index in [1.165, 1.54) is 13.5 Å². The van der Waals surface area contributed by atoms with Crippen molar-refractivity contribution in [2.24, 2.45) is 5.92 Å². The summed E-state index contributed by atoms with van der Waals surface area (Å²) in [6.45, 7) is 4.41. The van der Waals surface area contributed by atoms with Gasteiger partial charge in [0.25, 0.3) is 0 Å². The molecule has 1 saturated carbocycles. The zero-order valence-electron chi connectivity index (χ0n) is 18.1. The molecule has 0 radical (unpaired) electrons. The van der Waals surface area contributed by atoms with Gasteiger partial charge in [-0.3, -0.25) is 14.5 Å². The molecule has 1 aromatic rings. The Labute approximate surface area is 184 Å². The number of hydrogen-bond acceptors (Lipinski definition) is 5. The molecular formula is C25H32N2O4. The molecule has 2 heterocycles. The first-order chi connectivity index (χ1) is 15.1. The number of amides is 1. The van der Waals surface area contributed by atoms with Gasteiger partial charge in [0, 0.05) is 12.6 Å². The topological polar surface area (TPSA) is 67.9 Å². The minimum atomic E-state index is -0.536. The monoisotopic (exact) mass is 424 g/mol. The van der Waals surface area contributed by atoms with Crippen molar-refractivity contribution in [3.05, 3.63) is 60.7 Å². The van der Waals surface area contributed by atoms with E-state index in [4.69, 9.17) is 9.47 Å². The number of carbonyl (C=O) groups is 2. The fourth-order valence-corrected chi connectivity index (χ4v) is 5.28. The number of nitrogens with one attached hydrogen (secondary N) is 1. The zero-order valence-corrected chi connectivity index (χ0v) is 18.1. The highest BCUT2D eigenvalue weighted by atomic mass is 16.5. The highest BCUT2D eigenvalue weighted by Crippen LogP contribution is 2.39. The number of rotatable bonds is 6. The largest absolute Gasteiger partial charge is 0.469 e. The van der Waals surface area contributed by atoms with Crippen LogP contribution in [0.3, 0.4) is 0 Å². The number of nitrogens with zero attached hydrogens (tertiary/aromatic N) is 1. The van der Waals surface area contributed by atoms with E-state index in [-0.39, 0.29) is 30.1 Å². The maximum Gasteiger partial charge on any atom is 0.313 e. The molecule has 0 bridgehead atoms. The summed E-state index contributed by atoms with van der Waals surface area (Å²) in [5, 5.41) is 3.30. The third kappa shape index (κ3) is 4.46. The number of fused-ring (bicyclic) bond motifs is 1. The quantitative estimate of drug-likeness (QED) is 0.561. The van der Waals surface area contributed by atoms with Crippen molar-refractivity contribution in [3.8, 4) is 0 Å². The SMILES string of the molecule is C=C[C@H]1O[C@H]2C=CCN([C@@H](C(=O)NC3CCCCC3)c3ccccc3)[C@H]2[C@@H]1C(=O)OC. The summed E-state index contributed by atoms with van der Waals surface area (Å²) in [6.07, 6.45) is 10.5. The van der Waals surface area contributed by atoms with Crippen molar-refractivity contribution in [1.29, 1.82) is 0 Å². The Balaban J connectivity index is 1.68. The molecule has 4 rings (SSSR count). The minimum Gasteiger partial charge on any atom is -0.469 e.